The molecule has 144 valence electrons. The van der Waals surface area contributed by atoms with E-state index in [0.29, 0.717) is 19.7 Å². The zero-order valence-corrected chi connectivity index (χ0v) is 16.2. The van der Waals surface area contributed by atoms with Crippen molar-refractivity contribution in [1.29, 1.82) is 0 Å². The quantitative estimate of drug-likeness (QED) is 0.669. The molecule has 1 aromatic carbocycles. The second-order valence-corrected chi connectivity index (χ2v) is 7.36. The number of hydrogen-bond donors (Lipinski definition) is 1. The van der Waals surface area contributed by atoms with Gasteiger partial charge in [-0.1, -0.05) is 0 Å². The summed E-state index contributed by atoms with van der Waals surface area (Å²) in [6, 6.07) is 11.2. The summed E-state index contributed by atoms with van der Waals surface area (Å²) in [7, 11) is 0. The number of carbonyl (C=O) groups is 2. The van der Waals surface area contributed by atoms with Crippen LogP contribution in [0.15, 0.2) is 47.1 Å². The smallest absolute Gasteiger partial charge is 0.227 e. The molecule has 6 nitrogen and oxygen atoms in total. The number of hydrogen-bond acceptors (Lipinski definition) is 5. The number of thioether (sulfide) groups is 1. The number of carbonyl (C=O) groups excluding carboxylic acids is 2. The number of ether oxygens (including phenoxy) is 1. The Kier molecular flexibility index (Phi) is 6.81. The van der Waals surface area contributed by atoms with E-state index < -0.39 is 0 Å². The maximum atomic E-state index is 12.4. The molecule has 2 heterocycles. The van der Waals surface area contributed by atoms with E-state index in [0.717, 1.165) is 28.7 Å². The summed E-state index contributed by atoms with van der Waals surface area (Å²) in [5, 5.41) is 2.93. The molecular weight excluding hydrogens is 364 g/mol. The molecule has 2 amide bonds. The molecule has 7 heteroatoms. The van der Waals surface area contributed by atoms with Gasteiger partial charge in [-0.15, -0.1) is 0 Å². The highest BCUT2D eigenvalue weighted by Gasteiger charge is 2.34. The van der Waals surface area contributed by atoms with Crippen LogP contribution in [0.4, 0.5) is 5.69 Å². The van der Waals surface area contributed by atoms with E-state index in [1.54, 1.807) is 22.9 Å². The number of furan rings is 1. The third-order valence-electron chi connectivity index (χ3n) is 4.33. The summed E-state index contributed by atoms with van der Waals surface area (Å²) in [5.74, 6) is 2.90. The van der Waals surface area contributed by atoms with Gasteiger partial charge < -0.3 is 19.4 Å². The summed E-state index contributed by atoms with van der Waals surface area (Å²) in [6.07, 6.45) is 1.91. The average molecular weight is 388 g/mol. The zero-order valence-electron chi connectivity index (χ0n) is 15.3. The van der Waals surface area contributed by atoms with Crippen LogP contribution in [0.25, 0.3) is 0 Å². The Morgan fingerprint density at radius 3 is 2.85 bits per heavy atom. The highest BCUT2D eigenvalue weighted by Crippen LogP contribution is 2.27. The molecule has 0 unspecified atom stereocenters. The predicted octanol–water partition coefficient (Wildman–Crippen LogP) is 3.08. The average Bonchev–Trinajstić information content (AvgIpc) is 3.32. The first-order valence-corrected chi connectivity index (χ1v) is 10.2. The van der Waals surface area contributed by atoms with E-state index in [1.807, 2.05) is 43.3 Å². The standard InChI is InChI=1S/C20H24N2O4S/c1-2-25-17-7-5-16(6-8-17)22-13-15(12-19(22)23)20(24)21-9-11-27-14-18-4-3-10-26-18/h3-8,10,15H,2,9,11-14H2,1H3,(H,21,24)/t15-/m0/s1. The minimum Gasteiger partial charge on any atom is -0.494 e. The molecule has 1 aliphatic rings. The fourth-order valence-electron chi connectivity index (χ4n) is 2.98. The molecule has 1 N–H and O–H groups in total. The van der Waals surface area contributed by atoms with Gasteiger partial charge in [-0.2, -0.15) is 11.8 Å². The van der Waals surface area contributed by atoms with Crippen molar-refractivity contribution in [1.82, 2.24) is 5.32 Å². The number of rotatable bonds is 9. The number of benzene rings is 1. The Balaban J connectivity index is 1.42. The van der Waals surface area contributed by atoms with Crippen LogP contribution in [0.5, 0.6) is 5.75 Å². The number of nitrogens with one attached hydrogen (secondary N) is 1. The maximum absolute atomic E-state index is 12.4. The first-order chi connectivity index (χ1) is 13.2. The predicted molar refractivity (Wildman–Crippen MR) is 106 cm³/mol. The van der Waals surface area contributed by atoms with Crippen molar-refractivity contribution in [3.05, 3.63) is 48.4 Å². The second kappa shape index (κ2) is 9.50. The van der Waals surface area contributed by atoms with Crippen LogP contribution < -0.4 is 15.0 Å². The molecule has 1 aliphatic heterocycles. The van der Waals surface area contributed by atoms with Gasteiger partial charge in [-0.05, 0) is 43.3 Å². The molecule has 0 radical (unpaired) electrons. The summed E-state index contributed by atoms with van der Waals surface area (Å²) in [4.78, 5) is 26.3. The molecule has 27 heavy (non-hydrogen) atoms. The van der Waals surface area contributed by atoms with Crippen molar-refractivity contribution in [3.8, 4) is 5.75 Å². The lowest BCUT2D eigenvalue weighted by Gasteiger charge is -2.17. The number of nitrogens with zero attached hydrogens (tertiary/aromatic N) is 1. The Labute approximate surface area is 163 Å². The highest BCUT2D eigenvalue weighted by molar-refractivity contribution is 7.98. The zero-order chi connectivity index (χ0) is 19.1. The van der Waals surface area contributed by atoms with Crippen LogP contribution in [-0.2, 0) is 15.3 Å². The van der Waals surface area contributed by atoms with Crippen LogP contribution in [0.1, 0.15) is 19.1 Å². The summed E-state index contributed by atoms with van der Waals surface area (Å²) in [5.41, 5.74) is 0.799. The molecule has 0 saturated carbocycles. The van der Waals surface area contributed by atoms with Gasteiger partial charge in [0.25, 0.3) is 0 Å². The minimum atomic E-state index is -0.306. The van der Waals surface area contributed by atoms with Crippen LogP contribution in [-0.4, -0.2) is 37.3 Å². The van der Waals surface area contributed by atoms with Gasteiger partial charge in [0.15, 0.2) is 0 Å². The highest BCUT2D eigenvalue weighted by atomic mass is 32.2. The van der Waals surface area contributed by atoms with Gasteiger partial charge >= 0.3 is 0 Å². The fraction of sp³-hybridized carbons (Fsp3) is 0.400. The van der Waals surface area contributed by atoms with E-state index in [1.165, 1.54) is 0 Å². The van der Waals surface area contributed by atoms with Crippen LogP contribution in [0, 0.1) is 5.92 Å². The molecule has 1 atom stereocenters. The van der Waals surface area contributed by atoms with Crippen molar-refractivity contribution in [2.24, 2.45) is 5.92 Å². The lowest BCUT2D eigenvalue weighted by molar-refractivity contribution is -0.126. The van der Waals surface area contributed by atoms with Crippen LogP contribution in [0.2, 0.25) is 0 Å². The van der Waals surface area contributed by atoms with Crippen molar-refractivity contribution in [3.63, 3.8) is 0 Å². The molecular formula is C20H24N2O4S. The molecule has 2 aromatic rings. The molecule has 0 bridgehead atoms. The van der Waals surface area contributed by atoms with Crippen molar-refractivity contribution < 1.29 is 18.7 Å². The Hall–Kier alpha value is -2.41. The topological polar surface area (TPSA) is 71.8 Å². The summed E-state index contributed by atoms with van der Waals surface area (Å²) < 4.78 is 10.7. The first-order valence-electron chi connectivity index (χ1n) is 9.08. The Morgan fingerprint density at radius 1 is 1.33 bits per heavy atom. The van der Waals surface area contributed by atoms with Crippen molar-refractivity contribution in [2.45, 2.75) is 19.1 Å². The van der Waals surface area contributed by atoms with Crippen molar-refractivity contribution >= 4 is 29.3 Å². The largest absolute Gasteiger partial charge is 0.494 e. The van der Waals surface area contributed by atoms with Crippen LogP contribution in [0.3, 0.4) is 0 Å². The van der Waals surface area contributed by atoms with Gasteiger partial charge in [0.1, 0.15) is 11.5 Å². The molecule has 0 spiro atoms. The van der Waals surface area contributed by atoms with Gasteiger partial charge in [-0.25, -0.2) is 0 Å². The lowest BCUT2D eigenvalue weighted by Crippen LogP contribution is -2.34. The maximum Gasteiger partial charge on any atom is 0.227 e. The third-order valence-corrected chi connectivity index (χ3v) is 5.31. The fourth-order valence-corrected chi connectivity index (χ4v) is 3.74. The molecule has 3 rings (SSSR count). The Morgan fingerprint density at radius 2 is 2.15 bits per heavy atom. The lowest BCUT2D eigenvalue weighted by atomic mass is 10.1. The SMILES string of the molecule is CCOc1ccc(N2C[C@@H](C(=O)NCCSCc3ccco3)CC2=O)cc1. The molecule has 1 fully saturated rings. The van der Waals surface area contributed by atoms with E-state index in [-0.39, 0.29) is 24.2 Å². The summed E-state index contributed by atoms with van der Waals surface area (Å²) >= 11 is 1.70. The molecule has 1 aromatic heterocycles. The van der Waals surface area contributed by atoms with Gasteiger partial charge in [0.05, 0.1) is 24.5 Å². The first kappa shape index (κ1) is 19.4. The van der Waals surface area contributed by atoms with E-state index in [9.17, 15) is 9.59 Å². The van der Waals surface area contributed by atoms with Gasteiger partial charge in [0, 0.05) is 31.0 Å². The van der Waals surface area contributed by atoms with Gasteiger partial charge in [0.2, 0.25) is 11.8 Å². The Bertz CT molecular complexity index is 746. The molecule has 0 aliphatic carbocycles. The third kappa shape index (κ3) is 5.29. The van der Waals surface area contributed by atoms with E-state index in [4.69, 9.17) is 9.15 Å². The second-order valence-electron chi connectivity index (χ2n) is 6.26. The normalized spacial score (nSPS) is 16.6. The van der Waals surface area contributed by atoms with Crippen molar-refractivity contribution in [2.75, 3.05) is 30.3 Å². The monoisotopic (exact) mass is 388 g/mol. The summed E-state index contributed by atoms with van der Waals surface area (Å²) in [6.45, 7) is 3.52. The number of amides is 2. The molecule has 1 saturated heterocycles. The van der Waals surface area contributed by atoms with Gasteiger partial charge in [-0.3, -0.25) is 9.59 Å². The number of anilines is 1. The minimum absolute atomic E-state index is 0.0218. The van der Waals surface area contributed by atoms with E-state index >= 15 is 0 Å². The van der Waals surface area contributed by atoms with E-state index in [2.05, 4.69) is 5.32 Å². The van der Waals surface area contributed by atoms with Crippen LogP contribution >= 0.6 is 11.8 Å².